The lowest BCUT2D eigenvalue weighted by molar-refractivity contribution is -0.238. The summed E-state index contributed by atoms with van der Waals surface area (Å²) in [5.74, 6) is -5.39. The molecule has 34 heavy (non-hydrogen) atoms. The second-order valence-electron chi connectivity index (χ2n) is 9.95. The van der Waals surface area contributed by atoms with Gasteiger partial charge in [-0.05, 0) is 19.3 Å². The molecule has 11 atom stereocenters. The van der Waals surface area contributed by atoms with Gasteiger partial charge < -0.3 is 43.7 Å². The molecule has 3 N–H and O–H groups in total. The van der Waals surface area contributed by atoms with Crippen LogP contribution < -0.4 is 0 Å². The molecule has 13 heteroatoms. The summed E-state index contributed by atoms with van der Waals surface area (Å²) in [7, 11) is 0. The molecule has 6 fully saturated rings. The summed E-state index contributed by atoms with van der Waals surface area (Å²) in [5, 5.41) is 32.3. The normalized spacial score (nSPS) is 53.8. The number of carbonyl (C=O) groups is 4. The molecule has 4 heterocycles. The summed E-state index contributed by atoms with van der Waals surface area (Å²) in [6.45, 7) is 2.28. The summed E-state index contributed by atoms with van der Waals surface area (Å²) >= 11 is 0. The van der Waals surface area contributed by atoms with Crippen molar-refractivity contribution in [2.45, 2.75) is 62.2 Å². The average molecular weight is 484 g/mol. The van der Waals surface area contributed by atoms with Gasteiger partial charge in [0.05, 0.1) is 30.0 Å². The minimum Gasteiger partial charge on any atom is -0.480 e. The predicted molar refractivity (Wildman–Crippen MR) is 100 cm³/mol. The maximum absolute atomic E-state index is 13.4. The molecular formula is C21H24O13. The first-order valence-corrected chi connectivity index (χ1v) is 11.1. The van der Waals surface area contributed by atoms with Gasteiger partial charge in [-0.1, -0.05) is 6.92 Å². The van der Waals surface area contributed by atoms with E-state index in [1.165, 1.54) is 6.92 Å². The minimum absolute atomic E-state index is 0.146. The molecule has 0 radical (unpaired) electrons. The van der Waals surface area contributed by atoms with Crippen LogP contribution in [0.4, 0.5) is 0 Å². The zero-order chi connectivity index (χ0) is 24.4. The lowest BCUT2D eigenvalue weighted by atomic mass is 9.54. The number of hydrogen-bond acceptors (Lipinski definition) is 12. The number of carboxylic acid groups (broad SMARTS) is 1. The number of rotatable bonds is 6. The second-order valence-corrected chi connectivity index (χ2v) is 9.95. The van der Waals surface area contributed by atoms with Crippen molar-refractivity contribution in [1.29, 1.82) is 0 Å². The van der Waals surface area contributed by atoms with Gasteiger partial charge in [0.2, 0.25) is 11.9 Å². The third-order valence-electron chi connectivity index (χ3n) is 9.02. The van der Waals surface area contributed by atoms with Gasteiger partial charge in [-0.25, -0.2) is 14.4 Å². The molecule has 0 amide bonds. The maximum atomic E-state index is 13.4. The van der Waals surface area contributed by atoms with Crippen molar-refractivity contribution < 1.29 is 62.9 Å². The van der Waals surface area contributed by atoms with E-state index in [-0.39, 0.29) is 19.6 Å². The fourth-order valence-electron chi connectivity index (χ4n) is 7.98. The Balaban J connectivity index is 1.47. The van der Waals surface area contributed by atoms with Gasteiger partial charge in [-0.2, -0.15) is 0 Å². The predicted octanol–water partition coefficient (Wildman–Crippen LogP) is -2.27. The number of carbonyl (C=O) groups excluding carboxylic acids is 3. The van der Waals surface area contributed by atoms with E-state index in [0.717, 1.165) is 0 Å². The Hall–Kier alpha value is -2.32. The van der Waals surface area contributed by atoms with Crippen molar-refractivity contribution in [2.24, 2.45) is 22.7 Å². The molecule has 2 saturated carbocycles. The van der Waals surface area contributed by atoms with Crippen LogP contribution in [0.3, 0.4) is 0 Å². The van der Waals surface area contributed by atoms with Gasteiger partial charge in [0.15, 0.2) is 17.8 Å². The van der Waals surface area contributed by atoms with E-state index in [0.29, 0.717) is 0 Å². The van der Waals surface area contributed by atoms with Crippen LogP contribution in [0, 0.1) is 22.7 Å². The van der Waals surface area contributed by atoms with Crippen molar-refractivity contribution in [3.05, 3.63) is 0 Å². The van der Waals surface area contributed by atoms with Gasteiger partial charge in [-0.3, -0.25) is 4.79 Å². The number of ether oxygens (including phenoxy) is 6. The van der Waals surface area contributed by atoms with E-state index in [4.69, 9.17) is 33.5 Å². The Morgan fingerprint density at radius 3 is 2.56 bits per heavy atom. The Bertz CT molecular complexity index is 1010. The van der Waals surface area contributed by atoms with Crippen LogP contribution in [-0.2, 0) is 47.6 Å². The van der Waals surface area contributed by atoms with E-state index < -0.39 is 95.1 Å². The van der Waals surface area contributed by atoms with Gasteiger partial charge in [-0.15, -0.1) is 0 Å². The number of aliphatic hydroxyl groups excluding tert-OH is 1. The SMILES string of the molecule is CC1C(=O)O[C@H]2[C@H](O)[C@@]34C5C[C@@H](C)C36[C@@H](OC(=O)[C@@H]6OCCOCC(=O)O)O[C@@]4(C(=O)O5)[C@@]12O. The number of hydrogen-bond donors (Lipinski definition) is 3. The van der Waals surface area contributed by atoms with Gasteiger partial charge in [0.25, 0.3) is 0 Å². The second kappa shape index (κ2) is 6.46. The van der Waals surface area contributed by atoms with Gasteiger partial charge in [0, 0.05) is 0 Å². The lowest BCUT2D eigenvalue weighted by Crippen LogP contribution is -2.67. The number of carboxylic acids is 1. The van der Waals surface area contributed by atoms with Crippen molar-refractivity contribution >= 4 is 23.9 Å². The molecule has 3 unspecified atom stereocenters. The highest BCUT2D eigenvalue weighted by Crippen LogP contribution is 2.83. The van der Waals surface area contributed by atoms with Crippen molar-refractivity contribution in [1.82, 2.24) is 0 Å². The van der Waals surface area contributed by atoms with Crippen LogP contribution in [0.2, 0.25) is 0 Å². The molecule has 2 aliphatic carbocycles. The van der Waals surface area contributed by atoms with Crippen molar-refractivity contribution in [3.63, 3.8) is 0 Å². The first-order chi connectivity index (χ1) is 16.0. The number of esters is 3. The zero-order valence-corrected chi connectivity index (χ0v) is 18.3. The maximum Gasteiger partial charge on any atom is 0.343 e. The summed E-state index contributed by atoms with van der Waals surface area (Å²) in [6, 6.07) is 0. The Labute approximate surface area is 192 Å². The van der Waals surface area contributed by atoms with E-state index in [1.54, 1.807) is 6.92 Å². The van der Waals surface area contributed by atoms with Crippen LogP contribution >= 0.6 is 0 Å². The molecule has 6 rings (SSSR count). The number of aliphatic hydroxyl groups is 2. The van der Waals surface area contributed by atoms with Crippen LogP contribution in [0.5, 0.6) is 0 Å². The lowest BCUT2D eigenvalue weighted by Gasteiger charge is -2.45. The fourth-order valence-corrected chi connectivity index (χ4v) is 7.98. The molecule has 4 saturated heterocycles. The van der Waals surface area contributed by atoms with Crippen LogP contribution in [0.15, 0.2) is 0 Å². The Kier molecular flexibility index (Phi) is 4.21. The van der Waals surface area contributed by atoms with E-state index in [2.05, 4.69) is 0 Å². The summed E-state index contributed by atoms with van der Waals surface area (Å²) in [6.07, 6.45) is -6.54. The van der Waals surface area contributed by atoms with Crippen LogP contribution in [0.1, 0.15) is 20.3 Å². The van der Waals surface area contributed by atoms with Crippen LogP contribution in [-0.4, -0.2) is 101 Å². The largest absolute Gasteiger partial charge is 0.480 e. The van der Waals surface area contributed by atoms with E-state index >= 15 is 0 Å². The van der Waals surface area contributed by atoms with Gasteiger partial charge in [0.1, 0.15) is 18.8 Å². The molecule has 0 aromatic heterocycles. The summed E-state index contributed by atoms with van der Waals surface area (Å²) < 4.78 is 33.5. The van der Waals surface area contributed by atoms with Crippen molar-refractivity contribution in [3.8, 4) is 0 Å². The molecule has 2 spiro atoms. The first-order valence-electron chi connectivity index (χ1n) is 11.1. The molecule has 186 valence electrons. The van der Waals surface area contributed by atoms with Crippen molar-refractivity contribution in [2.75, 3.05) is 19.8 Å². The monoisotopic (exact) mass is 484 g/mol. The number of aliphatic carboxylic acids is 1. The minimum atomic E-state index is -2.27. The summed E-state index contributed by atoms with van der Waals surface area (Å²) in [4.78, 5) is 49.5. The van der Waals surface area contributed by atoms with Gasteiger partial charge >= 0.3 is 23.9 Å². The third kappa shape index (κ3) is 1.89. The average Bonchev–Trinajstić information content (AvgIpc) is 3.47. The molecule has 0 aromatic rings. The van der Waals surface area contributed by atoms with E-state index in [1.807, 2.05) is 0 Å². The molecule has 0 aromatic carbocycles. The Morgan fingerprint density at radius 2 is 1.85 bits per heavy atom. The molecular weight excluding hydrogens is 460 g/mol. The Morgan fingerprint density at radius 1 is 1.12 bits per heavy atom. The fraction of sp³-hybridized carbons (Fsp3) is 0.810. The number of fused-ring (bicyclic) bond motifs is 1. The molecule has 4 aliphatic heterocycles. The first kappa shape index (κ1) is 22.2. The standard InChI is InChI=1S/C21H24O13/c1-7-5-9-19-11(24)12-20(28,8(2)14(25)32-12)21(19,16(27)31-9)34-17-18(7,19)13(15(26)33-17)30-4-3-29-6-10(22)23/h7-9,11-13,17,24,28H,3-6H2,1-2H3,(H,22,23)/t7-,8?,9?,11+,12+,13+,17+,18?,19+,20-,21-/m1/s1. The molecule has 6 aliphatic rings. The highest BCUT2D eigenvalue weighted by Gasteiger charge is 3.03. The van der Waals surface area contributed by atoms with E-state index in [9.17, 15) is 29.4 Å². The quantitative estimate of drug-likeness (QED) is 0.208. The highest BCUT2D eigenvalue weighted by molar-refractivity contribution is 5.94. The molecule has 13 nitrogen and oxygen atoms in total. The third-order valence-corrected chi connectivity index (χ3v) is 9.02. The summed E-state index contributed by atoms with van der Waals surface area (Å²) in [5.41, 5.74) is -7.65. The molecule has 0 bridgehead atoms. The highest BCUT2D eigenvalue weighted by atomic mass is 16.8. The zero-order valence-electron chi connectivity index (χ0n) is 18.3. The van der Waals surface area contributed by atoms with Crippen LogP contribution in [0.25, 0.3) is 0 Å². The smallest absolute Gasteiger partial charge is 0.343 e. The topological polar surface area (TPSA) is 184 Å².